The highest BCUT2D eigenvalue weighted by atomic mass is 32.2. The average molecular weight is 515 g/mol. The summed E-state index contributed by atoms with van der Waals surface area (Å²) in [7, 11) is 3.08. The monoisotopic (exact) mass is 514 g/mol. The first kappa shape index (κ1) is 26.2. The Morgan fingerprint density at radius 3 is 2.46 bits per heavy atom. The van der Waals surface area contributed by atoms with Gasteiger partial charge in [0.25, 0.3) is 5.91 Å². The third-order valence-corrected chi connectivity index (χ3v) is 6.39. The lowest BCUT2D eigenvalue weighted by atomic mass is 10.2. The number of methoxy groups -OCH3 is 2. The smallest absolute Gasteiger partial charge is 0.338 e. The van der Waals surface area contributed by atoms with Gasteiger partial charge in [-0.05, 0) is 54.5 Å². The lowest BCUT2D eigenvalue weighted by Gasteiger charge is -2.14. The fourth-order valence-electron chi connectivity index (χ4n) is 3.16. The molecule has 1 fully saturated rings. The molecule has 1 aliphatic heterocycles. The van der Waals surface area contributed by atoms with Crippen molar-refractivity contribution in [3.63, 3.8) is 0 Å². The first-order chi connectivity index (χ1) is 16.9. The summed E-state index contributed by atoms with van der Waals surface area (Å²) in [4.78, 5) is 39.1. The van der Waals surface area contributed by atoms with E-state index < -0.39 is 11.9 Å². The molecule has 184 valence electrons. The number of amides is 2. The minimum Gasteiger partial charge on any atom is -0.493 e. The highest BCUT2D eigenvalue weighted by Crippen LogP contribution is 2.34. The van der Waals surface area contributed by atoms with Crippen molar-refractivity contribution in [1.29, 1.82) is 0 Å². The molecule has 8 nitrogen and oxygen atoms in total. The molecule has 2 aromatic rings. The number of rotatable bonds is 10. The Kier molecular flexibility index (Phi) is 9.27. The van der Waals surface area contributed by atoms with E-state index in [9.17, 15) is 14.4 Å². The zero-order valence-corrected chi connectivity index (χ0v) is 21.3. The fourth-order valence-corrected chi connectivity index (χ4v) is 4.41. The maximum atomic E-state index is 12.9. The fraction of sp³-hybridized carbons (Fsp3) is 0.280. The largest absolute Gasteiger partial charge is 0.493 e. The number of nitrogens with one attached hydrogen (secondary N) is 1. The molecule has 1 N–H and O–H groups in total. The van der Waals surface area contributed by atoms with Crippen LogP contribution < -0.4 is 14.8 Å². The molecule has 0 bridgehead atoms. The molecule has 2 aromatic carbocycles. The molecule has 0 unspecified atom stereocenters. The number of benzene rings is 2. The number of thioether (sulfide) groups is 1. The van der Waals surface area contributed by atoms with Gasteiger partial charge in [-0.25, -0.2) is 4.79 Å². The summed E-state index contributed by atoms with van der Waals surface area (Å²) >= 11 is 6.45. The van der Waals surface area contributed by atoms with Crippen LogP contribution in [0.5, 0.6) is 11.5 Å². The summed E-state index contributed by atoms with van der Waals surface area (Å²) < 4.78 is 16.0. The summed E-state index contributed by atoms with van der Waals surface area (Å²) in [6.45, 7) is 2.16. The number of nitrogens with zero attached hydrogens (tertiary/aromatic N) is 1. The molecule has 1 heterocycles. The van der Waals surface area contributed by atoms with Crippen LogP contribution in [0.25, 0.3) is 6.08 Å². The van der Waals surface area contributed by atoms with Crippen LogP contribution >= 0.6 is 24.0 Å². The van der Waals surface area contributed by atoms with Crippen molar-refractivity contribution in [1.82, 2.24) is 4.90 Å². The van der Waals surface area contributed by atoms with Crippen LogP contribution in [0.1, 0.15) is 35.7 Å². The quantitative estimate of drug-likeness (QED) is 0.214. The van der Waals surface area contributed by atoms with Crippen LogP contribution in [0.3, 0.4) is 0 Å². The molecule has 1 saturated heterocycles. The summed E-state index contributed by atoms with van der Waals surface area (Å²) in [5.74, 6) is -0.0520. The third-order valence-electron chi connectivity index (χ3n) is 5.02. The Morgan fingerprint density at radius 2 is 1.80 bits per heavy atom. The van der Waals surface area contributed by atoms with Crippen molar-refractivity contribution >= 4 is 57.8 Å². The van der Waals surface area contributed by atoms with Crippen molar-refractivity contribution in [2.24, 2.45) is 0 Å². The first-order valence-corrected chi connectivity index (χ1v) is 12.1. The third kappa shape index (κ3) is 6.83. The number of anilines is 1. The molecule has 0 aromatic heterocycles. The summed E-state index contributed by atoms with van der Waals surface area (Å²) in [5, 5.41) is 2.72. The van der Waals surface area contributed by atoms with Gasteiger partial charge in [-0.1, -0.05) is 43.4 Å². The molecular formula is C25H26N2O6S2. The van der Waals surface area contributed by atoms with Gasteiger partial charge in [-0.3, -0.25) is 14.5 Å². The number of esters is 1. The van der Waals surface area contributed by atoms with E-state index >= 15 is 0 Å². The van der Waals surface area contributed by atoms with Crippen LogP contribution in [0.4, 0.5) is 5.69 Å². The lowest BCUT2D eigenvalue weighted by Crippen LogP contribution is -2.36. The summed E-state index contributed by atoms with van der Waals surface area (Å²) in [6, 6.07) is 11.7. The van der Waals surface area contributed by atoms with E-state index in [4.69, 9.17) is 26.4 Å². The maximum Gasteiger partial charge on any atom is 0.338 e. The molecular weight excluding hydrogens is 488 g/mol. The van der Waals surface area contributed by atoms with Crippen molar-refractivity contribution in [2.45, 2.75) is 19.8 Å². The molecule has 0 radical (unpaired) electrons. The number of hydrogen-bond acceptors (Lipinski definition) is 8. The molecule has 2 amide bonds. The van der Waals surface area contributed by atoms with Crippen molar-refractivity contribution < 1.29 is 28.6 Å². The average Bonchev–Trinajstić information content (AvgIpc) is 3.11. The zero-order valence-electron chi connectivity index (χ0n) is 19.7. The molecule has 1 aliphatic rings. The van der Waals surface area contributed by atoms with E-state index in [1.165, 1.54) is 12.0 Å². The van der Waals surface area contributed by atoms with E-state index in [1.54, 1.807) is 55.7 Å². The second-order valence-electron chi connectivity index (χ2n) is 7.50. The van der Waals surface area contributed by atoms with Gasteiger partial charge in [0.15, 0.2) is 11.5 Å². The Bertz CT molecular complexity index is 1150. The van der Waals surface area contributed by atoms with Crippen LogP contribution in [-0.4, -0.2) is 54.4 Å². The Morgan fingerprint density at radius 1 is 1.09 bits per heavy atom. The number of unbranched alkanes of at least 4 members (excludes halogenated alkanes) is 1. The van der Waals surface area contributed by atoms with Crippen LogP contribution in [0, 0.1) is 0 Å². The van der Waals surface area contributed by atoms with E-state index in [0.29, 0.717) is 38.6 Å². The van der Waals surface area contributed by atoms with Gasteiger partial charge in [-0.2, -0.15) is 0 Å². The molecule has 0 spiro atoms. The predicted octanol–water partition coefficient (Wildman–Crippen LogP) is 4.50. The number of hydrogen-bond donors (Lipinski definition) is 1. The molecule has 0 atom stereocenters. The molecule has 3 rings (SSSR count). The highest BCUT2D eigenvalue weighted by Gasteiger charge is 2.33. The van der Waals surface area contributed by atoms with Crippen LogP contribution in [0.2, 0.25) is 0 Å². The van der Waals surface area contributed by atoms with Gasteiger partial charge in [0.1, 0.15) is 10.9 Å². The Balaban J connectivity index is 1.61. The second-order valence-corrected chi connectivity index (χ2v) is 9.17. The minimum atomic E-state index is -0.410. The van der Waals surface area contributed by atoms with E-state index in [-0.39, 0.29) is 12.5 Å². The van der Waals surface area contributed by atoms with Crippen molar-refractivity contribution in [3.05, 3.63) is 58.5 Å². The highest BCUT2D eigenvalue weighted by molar-refractivity contribution is 8.26. The normalized spacial score (nSPS) is 14.3. The number of thiocarbonyl (C=S) groups is 1. The molecule has 0 aliphatic carbocycles. The van der Waals surface area contributed by atoms with Gasteiger partial charge in [0.05, 0.1) is 31.3 Å². The van der Waals surface area contributed by atoms with Gasteiger partial charge < -0.3 is 19.5 Å². The molecule has 35 heavy (non-hydrogen) atoms. The minimum absolute atomic E-state index is 0.227. The standard InChI is InChI=1S/C25H26N2O6S2/c1-4-5-12-33-24(30)17-7-9-18(10-8-17)26-22(28)15-27-23(29)21(35-25(27)34)14-16-6-11-19(31-2)20(13-16)32-3/h6-11,13-14H,4-5,12,15H2,1-3H3,(H,26,28). The number of carbonyl (C=O) groups is 3. The van der Waals surface area contributed by atoms with Gasteiger partial charge in [-0.15, -0.1) is 0 Å². The topological polar surface area (TPSA) is 94.2 Å². The van der Waals surface area contributed by atoms with Crippen LogP contribution in [0.15, 0.2) is 47.4 Å². The Labute approximate surface area is 213 Å². The number of carbonyl (C=O) groups excluding carboxylic acids is 3. The molecule has 10 heteroatoms. The maximum absolute atomic E-state index is 12.9. The lowest BCUT2D eigenvalue weighted by molar-refractivity contribution is -0.126. The summed E-state index contributed by atoms with van der Waals surface area (Å²) in [6.07, 6.45) is 3.44. The number of ether oxygens (including phenoxy) is 3. The van der Waals surface area contributed by atoms with Crippen molar-refractivity contribution in [2.75, 3.05) is 32.7 Å². The van der Waals surface area contributed by atoms with Crippen LogP contribution in [-0.2, 0) is 14.3 Å². The van der Waals surface area contributed by atoms with E-state index in [0.717, 1.165) is 30.2 Å². The predicted molar refractivity (Wildman–Crippen MR) is 140 cm³/mol. The van der Waals surface area contributed by atoms with E-state index in [2.05, 4.69) is 5.32 Å². The van der Waals surface area contributed by atoms with Gasteiger partial charge >= 0.3 is 5.97 Å². The Hall–Kier alpha value is -3.37. The van der Waals surface area contributed by atoms with Gasteiger partial charge in [0, 0.05) is 5.69 Å². The summed E-state index contributed by atoms with van der Waals surface area (Å²) in [5.41, 5.74) is 1.63. The molecule has 0 saturated carbocycles. The van der Waals surface area contributed by atoms with Gasteiger partial charge in [0.2, 0.25) is 5.91 Å². The zero-order chi connectivity index (χ0) is 25.4. The SMILES string of the molecule is CCCCOC(=O)c1ccc(NC(=O)CN2C(=O)C(=Cc3ccc(OC)c(OC)c3)SC2=S)cc1. The first-order valence-electron chi connectivity index (χ1n) is 10.9. The second kappa shape index (κ2) is 12.4. The van der Waals surface area contributed by atoms with E-state index in [1.807, 2.05) is 6.92 Å². The van der Waals surface area contributed by atoms with Crippen molar-refractivity contribution in [3.8, 4) is 11.5 Å².